The lowest BCUT2D eigenvalue weighted by atomic mass is 9.85. The molecule has 0 unspecified atom stereocenters. The van der Waals surface area contributed by atoms with E-state index in [2.05, 4.69) is 12.2 Å². The molecule has 0 aromatic heterocycles. The van der Waals surface area contributed by atoms with E-state index in [1.807, 2.05) is 38.1 Å². The van der Waals surface area contributed by atoms with Crippen molar-refractivity contribution in [1.29, 1.82) is 0 Å². The molecule has 3 nitrogen and oxygen atoms in total. The van der Waals surface area contributed by atoms with Crippen molar-refractivity contribution in [1.82, 2.24) is 4.90 Å². The zero-order valence-electron chi connectivity index (χ0n) is 12.0. The Bertz CT molecular complexity index is 824. The summed E-state index contributed by atoms with van der Waals surface area (Å²) in [4.78, 5) is 26.7. The molecule has 21 heavy (non-hydrogen) atoms. The van der Waals surface area contributed by atoms with E-state index in [0.29, 0.717) is 11.1 Å². The second-order valence-electron chi connectivity index (χ2n) is 5.91. The summed E-state index contributed by atoms with van der Waals surface area (Å²) < 4.78 is 0. The van der Waals surface area contributed by atoms with E-state index in [9.17, 15) is 9.59 Å². The summed E-state index contributed by atoms with van der Waals surface area (Å²) in [5, 5.41) is 1.90. The lowest BCUT2D eigenvalue weighted by Gasteiger charge is -2.31. The molecule has 1 aliphatic carbocycles. The minimum Gasteiger partial charge on any atom is -0.272 e. The maximum atomic E-state index is 12.7. The molecule has 1 aliphatic heterocycles. The Balaban J connectivity index is 2.14. The predicted molar refractivity (Wildman–Crippen MR) is 82.3 cm³/mol. The number of imide groups is 1. The molecule has 0 radical (unpaired) electrons. The lowest BCUT2D eigenvalue weighted by Crippen LogP contribution is -2.44. The first kappa shape index (κ1) is 12.3. The fourth-order valence-electron chi connectivity index (χ4n) is 3.39. The van der Waals surface area contributed by atoms with Gasteiger partial charge in [-0.1, -0.05) is 24.3 Å². The van der Waals surface area contributed by atoms with E-state index in [-0.39, 0.29) is 17.9 Å². The molecule has 2 aromatic carbocycles. The van der Waals surface area contributed by atoms with Gasteiger partial charge in [0.2, 0.25) is 0 Å². The number of nitrogens with zero attached hydrogens (tertiary/aromatic N) is 1. The average Bonchev–Trinajstić information content (AvgIpc) is 2.47. The Morgan fingerprint density at radius 2 is 1.62 bits per heavy atom. The zero-order valence-corrected chi connectivity index (χ0v) is 12.0. The number of carbonyl (C=O) groups excluding carboxylic acids is 2. The predicted octanol–water partition coefficient (Wildman–Crippen LogP) is 3.41. The normalized spacial score (nSPS) is 16.2. The van der Waals surface area contributed by atoms with Crippen LogP contribution >= 0.6 is 0 Å². The minimum absolute atomic E-state index is 0.139. The van der Waals surface area contributed by atoms with E-state index in [1.165, 1.54) is 10.5 Å². The van der Waals surface area contributed by atoms with Crippen molar-refractivity contribution in [3.63, 3.8) is 0 Å². The molecular formula is C18H15NO2. The quantitative estimate of drug-likeness (QED) is 0.749. The highest BCUT2D eigenvalue weighted by molar-refractivity contribution is 6.26. The number of amides is 2. The fraction of sp³-hybridized carbons (Fsp3) is 0.222. The summed E-state index contributed by atoms with van der Waals surface area (Å²) in [5.74, 6) is -0.360. The van der Waals surface area contributed by atoms with Crippen LogP contribution in [0.4, 0.5) is 0 Å². The summed E-state index contributed by atoms with van der Waals surface area (Å²) in [7, 11) is 0. The van der Waals surface area contributed by atoms with Gasteiger partial charge in [0, 0.05) is 22.6 Å². The highest BCUT2D eigenvalue weighted by atomic mass is 16.2. The van der Waals surface area contributed by atoms with Crippen LogP contribution in [-0.4, -0.2) is 22.8 Å². The van der Waals surface area contributed by atoms with Gasteiger partial charge < -0.3 is 0 Å². The smallest absolute Gasteiger partial charge is 0.261 e. The lowest BCUT2D eigenvalue weighted by molar-refractivity contribution is 0.0564. The third-order valence-corrected chi connectivity index (χ3v) is 4.33. The van der Waals surface area contributed by atoms with Gasteiger partial charge in [-0.2, -0.15) is 0 Å². The van der Waals surface area contributed by atoms with Crippen LogP contribution in [0.5, 0.6) is 0 Å². The highest BCUT2D eigenvalue weighted by Crippen LogP contribution is 2.37. The summed E-state index contributed by atoms with van der Waals surface area (Å²) in [5.41, 5.74) is 3.57. The first-order valence-electron chi connectivity index (χ1n) is 7.22. The average molecular weight is 277 g/mol. The Labute approximate surface area is 122 Å². The molecule has 0 N–H and O–H groups in total. The van der Waals surface area contributed by atoms with Crippen LogP contribution in [-0.2, 0) is 6.42 Å². The van der Waals surface area contributed by atoms with E-state index in [4.69, 9.17) is 0 Å². The second-order valence-corrected chi connectivity index (χ2v) is 5.91. The molecule has 0 spiro atoms. The Morgan fingerprint density at radius 1 is 0.952 bits per heavy atom. The largest absolute Gasteiger partial charge is 0.272 e. The molecule has 4 rings (SSSR count). The van der Waals surface area contributed by atoms with Crippen molar-refractivity contribution in [2.24, 2.45) is 0 Å². The molecule has 0 saturated heterocycles. The maximum Gasteiger partial charge on any atom is 0.261 e. The van der Waals surface area contributed by atoms with E-state index in [1.54, 1.807) is 0 Å². The minimum atomic E-state index is -0.180. The summed E-state index contributed by atoms with van der Waals surface area (Å²) >= 11 is 0. The molecule has 0 saturated carbocycles. The van der Waals surface area contributed by atoms with Gasteiger partial charge in [-0.05, 0) is 48.9 Å². The molecule has 0 atom stereocenters. The van der Waals surface area contributed by atoms with E-state index >= 15 is 0 Å². The van der Waals surface area contributed by atoms with Gasteiger partial charge in [0.15, 0.2) is 0 Å². The second kappa shape index (κ2) is 4.04. The van der Waals surface area contributed by atoms with Gasteiger partial charge in [0.25, 0.3) is 11.8 Å². The van der Waals surface area contributed by atoms with Crippen molar-refractivity contribution >= 4 is 28.7 Å². The van der Waals surface area contributed by atoms with Gasteiger partial charge in [0.1, 0.15) is 0 Å². The van der Waals surface area contributed by atoms with Crippen LogP contribution in [0, 0.1) is 0 Å². The number of hydrogen-bond donors (Lipinski definition) is 0. The molecular weight excluding hydrogens is 262 g/mol. The Morgan fingerprint density at radius 3 is 2.29 bits per heavy atom. The Hall–Kier alpha value is -2.42. The molecule has 2 aliphatic rings. The van der Waals surface area contributed by atoms with Gasteiger partial charge in [-0.15, -0.1) is 0 Å². The number of rotatable bonds is 1. The third-order valence-electron chi connectivity index (χ3n) is 4.33. The van der Waals surface area contributed by atoms with E-state index in [0.717, 1.165) is 22.8 Å². The number of benzene rings is 2. The first-order chi connectivity index (χ1) is 10.1. The van der Waals surface area contributed by atoms with Crippen molar-refractivity contribution in [2.75, 3.05) is 0 Å². The van der Waals surface area contributed by atoms with Crippen LogP contribution in [0.15, 0.2) is 30.3 Å². The van der Waals surface area contributed by atoms with Crippen molar-refractivity contribution in [3.05, 3.63) is 52.6 Å². The van der Waals surface area contributed by atoms with Crippen molar-refractivity contribution in [2.45, 2.75) is 26.3 Å². The van der Waals surface area contributed by atoms with Crippen LogP contribution in [0.1, 0.15) is 45.7 Å². The van der Waals surface area contributed by atoms with Crippen molar-refractivity contribution in [3.8, 4) is 0 Å². The SMILES string of the molecule is CC(C)N1C(=O)c2ccc3c4c(ccc(c24)C1=O)CC=C3. The monoisotopic (exact) mass is 277 g/mol. The number of hydrogen-bond acceptors (Lipinski definition) is 2. The van der Waals surface area contributed by atoms with Gasteiger partial charge in [-0.3, -0.25) is 14.5 Å². The number of carbonyl (C=O) groups is 2. The first-order valence-corrected chi connectivity index (χ1v) is 7.22. The highest BCUT2D eigenvalue weighted by Gasteiger charge is 2.35. The molecule has 1 heterocycles. The third kappa shape index (κ3) is 1.49. The topological polar surface area (TPSA) is 37.4 Å². The molecule has 2 aromatic rings. The molecule has 2 amide bonds. The molecule has 104 valence electrons. The summed E-state index contributed by atoms with van der Waals surface area (Å²) in [6.45, 7) is 3.74. The summed E-state index contributed by atoms with van der Waals surface area (Å²) in [6.07, 6.45) is 5.04. The van der Waals surface area contributed by atoms with Gasteiger partial charge >= 0.3 is 0 Å². The zero-order chi connectivity index (χ0) is 14.7. The van der Waals surface area contributed by atoms with E-state index < -0.39 is 0 Å². The Kier molecular flexibility index (Phi) is 2.37. The van der Waals surface area contributed by atoms with Crippen LogP contribution in [0.3, 0.4) is 0 Å². The molecule has 0 bridgehead atoms. The fourth-order valence-corrected chi connectivity index (χ4v) is 3.39. The standard InChI is InChI=1S/C18H15NO2/c1-10(2)19-17(20)13-8-6-11-4-3-5-12-7-9-14(18(19)21)16(13)15(11)12/h3-4,6-10H,5H2,1-2H3. The van der Waals surface area contributed by atoms with Crippen LogP contribution in [0.2, 0.25) is 0 Å². The number of allylic oxidation sites excluding steroid dienone is 1. The maximum absolute atomic E-state index is 12.7. The molecule has 0 fully saturated rings. The van der Waals surface area contributed by atoms with Gasteiger partial charge in [0.05, 0.1) is 0 Å². The molecule has 3 heteroatoms. The van der Waals surface area contributed by atoms with Crippen LogP contribution < -0.4 is 0 Å². The van der Waals surface area contributed by atoms with Crippen LogP contribution in [0.25, 0.3) is 16.8 Å². The van der Waals surface area contributed by atoms with Gasteiger partial charge in [-0.25, -0.2) is 0 Å². The summed E-state index contributed by atoms with van der Waals surface area (Å²) in [6, 6.07) is 7.58. The van der Waals surface area contributed by atoms with Crippen molar-refractivity contribution < 1.29 is 9.59 Å².